The van der Waals surface area contributed by atoms with Crippen LogP contribution in [0.5, 0.6) is 0 Å². The van der Waals surface area contributed by atoms with E-state index in [0.717, 1.165) is 22.1 Å². The van der Waals surface area contributed by atoms with Crippen molar-refractivity contribution in [1.29, 1.82) is 0 Å². The number of benzene rings is 2. The molecule has 4 aromatic rings. The molecule has 0 spiro atoms. The van der Waals surface area contributed by atoms with Crippen LogP contribution < -0.4 is 5.32 Å². The first-order valence-electron chi connectivity index (χ1n) is 8.64. The minimum absolute atomic E-state index is 0.208. The summed E-state index contributed by atoms with van der Waals surface area (Å²) in [5.74, 6) is -0.208. The predicted octanol–water partition coefficient (Wildman–Crippen LogP) is 3.49. The maximum Gasteiger partial charge on any atom is 0.274 e. The van der Waals surface area contributed by atoms with E-state index in [1.165, 1.54) is 18.1 Å². The predicted molar refractivity (Wildman–Crippen MR) is 109 cm³/mol. The molecular formula is C20H18N6OS. The fraction of sp³-hybridized carbons (Fsp3) is 0.100. The van der Waals surface area contributed by atoms with Crippen molar-refractivity contribution in [2.45, 2.75) is 11.7 Å². The normalized spacial score (nSPS) is 10.8. The molecule has 4 rings (SSSR count). The van der Waals surface area contributed by atoms with E-state index < -0.39 is 0 Å². The van der Waals surface area contributed by atoms with Gasteiger partial charge in [0.05, 0.1) is 12.7 Å². The summed E-state index contributed by atoms with van der Waals surface area (Å²) in [5, 5.41) is 7.81. The number of carbonyl (C=O) groups is 1. The van der Waals surface area contributed by atoms with Crippen molar-refractivity contribution >= 4 is 23.4 Å². The number of hydrogen-bond donors (Lipinski definition) is 1. The van der Waals surface area contributed by atoms with E-state index >= 15 is 0 Å². The number of hydrogen-bond acceptors (Lipinski definition) is 5. The van der Waals surface area contributed by atoms with E-state index in [2.05, 4.69) is 20.4 Å². The number of nitrogens with one attached hydrogen (secondary N) is 1. The van der Waals surface area contributed by atoms with Gasteiger partial charge in [0.25, 0.3) is 5.91 Å². The van der Waals surface area contributed by atoms with Crippen LogP contribution in [0.4, 0.5) is 5.69 Å². The van der Waals surface area contributed by atoms with Gasteiger partial charge in [-0.3, -0.25) is 9.36 Å². The van der Waals surface area contributed by atoms with Crippen LogP contribution in [-0.2, 0) is 6.54 Å². The van der Waals surface area contributed by atoms with E-state index in [4.69, 9.17) is 0 Å². The first-order valence-corrected chi connectivity index (χ1v) is 9.87. The summed E-state index contributed by atoms with van der Waals surface area (Å²) in [6.07, 6.45) is 6.72. The second-order valence-electron chi connectivity index (χ2n) is 6.05. The van der Waals surface area contributed by atoms with Crippen LogP contribution in [0.25, 0.3) is 5.69 Å². The zero-order valence-electron chi connectivity index (χ0n) is 15.2. The molecule has 0 fully saturated rings. The summed E-state index contributed by atoms with van der Waals surface area (Å²) in [6, 6.07) is 17.4. The third-order valence-corrected chi connectivity index (χ3v) is 4.84. The summed E-state index contributed by atoms with van der Waals surface area (Å²) in [6.45, 7) is 0.631. The SMILES string of the molecule is CSc1ncc(C(=O)Nc2ccc(Cn3cncn3)cc2)n1-c1ccccc1. The van der Waals surface area contributed by atoms with Crippen LogP contribution in [0.1, 0.15) is 16.1 Å². The molecule has 0 aliphatic heterocycles. The molecule has 7 nitrogen and oxygen atoms in total. The number of nitrogens with zero attached hydrogens (tertiary/aromatic N) is 5. The average Bonchev–Trinajstić information content (AvgIpc) is 3.39. The molecule has 0 saturated heterocycles. The number of amides is 1. The van der Waals surface area contributed by atoms with E-state index in [0.29, 0.717) is 12.2 Å². The minimum atomic E-state index is -0.208. The van der Waals surface area contributed by atoms with E-state index in [9.17, 15) is 4.79 Å². The summed E-state index contributed by atoms with van der Waals surface area (Å²) in [7, 11) is 0. The highest BCUT2D eigenvalue weighted by Crippen LogP contribution is 2.22. The Balaban J connectivity index is 1.53. The van der Waals surface area contributed by atoms with E-state index in [1.54, 1.807) is 17.2 Å². The third-order valence-electron chi connectivity index (χ3n) is 4.18. The van der Waals surface area contributed by atoms with E-state index in [-0.39, 0.29) is 5.91 Å². The van der Waals surface area contributed by atoms with Gasteiger partial charge < -0.3 is 5.32 Å². The van der Waals surface area contributed by atoms with E-state index in [1.807, 2.05) is 65.4 Å². The third kappa shape index (κ3) is 3.81. The monoisotopic (exact) mass is 390 g/mol. The molecule has 1 amide bonds. The second kappa shape index (κ2) is 8.10. The number of para-hydroxylation sites is 1. The largest absolute Gasteiger partial charge is 0.321 e. The van der Waals surface area contributed by atoms with Crippen LogP contribution in [-0.4, -0.2) is 36.5 Å². The van der Waals surface area contributed by atoms with Gasteiger partial charge >= 0.3 is 0 Å². The first-order chi connectivity index (χ1) is 13.7. The van der Waals surface area contributed by atoms with Gasteiger partial charge in [0.2, 0.25) is 0 Å². The summed E-state index contributed by atoms with van der Waals surface area (Å²) in [5.41, 5.74) is 3.18. The Morgan fingerprint density at radius 3 is 2.57 bits per heavy atom. The molecule has 8 heteroatoms. The molecule has 2 aromatic carbocycles. The van der Waals surface area contributed by atoms with Crippen molar-refractivity contribution in [3.63, 3.8) is 0 Å². The fourth-order valence-electron chi connectivity index (χ4n) is 2.86. The zero-order valence-corrected chi connectivity index (χ0v) is 16.0. The van der Waals surface area contributed by atoms with Crippen LogP contribution >= 0.6 is 11.8 Å². The van der Waals surface area contributed by atoms with Crippen molar-refractivity contribution in [3.8, 4) is 5.69 Å². The lowest BCUT2D eigenvalue weighted by Gasteiger charge is -2.11. The molecule has 0 saturated carbocycles. The van der Waals surface area contributed by atoms with Crippen LogP contribution in [0.2, 0.25) is 0 Å². The van der Waals surface area contributed by atoms with Gasteiger partial charge in [-0.15, -0.1) is 0 Å². The lowest BCUT2D eigenvalue weighted by molar-refractivity contribution is 0.102. The Hall–Kier alpha value is -3.39. The van der Waals surface area contributed by atoms with Gasteiger partial charge in [0, 0.05) is 11.4 Å². The van der Waals surface area contributed by atoms with Crippen LogP contribution in [0, 0.1) is 0 Å². The molecule has 0 aliphatic carbocycles. The molecular weight excluding hydrogens is 372 g/mol. The summed E-state index contributed by atoms with van der Waals surface area (Å²) < 4.78 is 3.61. The maximum atomic E-state index is 12.9. The Morgan fingerprint density at radius 2 is 1.89 bits per heavy atom. The van der Waals surface area contributed by atoms with Gasteiger partial charge in [0.1, 0.15) is 18.3 Å². The second-order valence-corrected chi connectivity index (χ2v) is 6.82. The molecule has 28 heavy (non-hydrogen) atoms. The quantitative estimate of drug-likeness (QED) is 0.510. The summed E-state index contributed by atoms with van der Waals surface area (Å²) in [4.78, 5) is 21.2. The fourth-order valence-corrected chi connectivity index (χ4v) is 3.40. The molecule has 0 bridgehead atoms. The minimum Gasteiger partial charge on any atom is -0.321 e. The Kier molecular flexibility index (Phi) is 5.20. The van der Waals surface area contributed by atoms with Crippen LogP contribution in [0.15, 0.2) is 78.6 Å². The molecule has 0 radical (unpaired) electrons. The molecule has 140 valence electrons. The molecule has 2 heterocycles. The number of thioether (sulfide) groups is 1. The average molecular weight is 390 g/mol. The van der Waals surface area contributed by atoms with Gasteiger partial charge in [-0.25, -0.2) is 14.6 Å². The van der Waals surface area contributed by atoms with Gasteiger partial charge in [-0.05, 0) is 36.1 Å². The standard InChI is InChI=1S/C20H18N6OS/c1-28-20-22-11-18(26(20)17-5-3-2-4-6-17)19(27)24-16-9-7-15(8-10-16)12-25-14-21-13-23-25/h2-11,13-14H,12H2,1H3,(H,24,27). The highest BCUT2D eigenvalue weighted by Gasteiger charge is 2.17. The van der Waals surface area contributed by atoms with Crippen molar-refractivity contribution in [3.05, 3.63) is 84.7 Å². The first kappa shape index (κ1) is 18.0. The smallest absolute Gasteiger partial charge is 0.274 e. The topological polar surface area (TPSA) is 77.6 Å². The number of imidazole rings is 1. The van der Waals surface area contributed by atoms with Crippen molar-refractivity contribution in [2.24, 2.45) is 0 Å². The highest BCUT2D eigenvalue weighted by atomic mass is 32.2. The zero-order chi connectivity index (χ0) is 19.3. The lowest BCUT2D eigenvalue weighted by Crippen LogP contribution is -2.16. The summed E-state index contributed by atoms with van der Waals surface area (Å²) >= 11 is 1.50. The number of anilines is 1. The Labute approximate surface area is 166 Å². The Morgan fingerprint density at radius 1 is 1.11 bits per heavy atom. The molecule has 0 aliphatic rings. The van der Waals surface area contributed by atoms with Crippen molar-refractivity contribution in [1.82, 2.24) is 24.3 Å². The maximum absolute atomic E-state index is 12.9. The van der Waals surface area contributed by atoms with Gasteiger partial charge in [0.15, 0.2) is 5.16 Å². The molecule has 0 unspecified atom stereocenters. The Bertz CT molecular complexity index is 1060. The van der Waals surface area contributed by atoms with Crippen molar-refractivity contribution in [2.75, 3.05) is 11.6 Å². The highest BCUT2D eigenvalue weighted by molar-refractivity contribution is 7.98. The lowest BCUT2D eigenvalue weighted by atomic mass is 10.2. The molecule has 0 atom stereocenters. The van der Waals surface area contributed by atoms with Gasteiger partial charge in [-0.2, -0.15) is 5.10 Å². The van der Waals surface area contributed by atoms with Crippen LogP contribution in [0.3, 0.4) is 0 Å². The number of carbonyl (C=O) groups excluding carboxylic acids is 1. The van der Waals surface area contributed by atoms with Gasteiger partial charge in [-0.1, -0.05) is 42.1 Å². The molecule has 2 aromatic heterocycles. The molecule has 1 N–H and O–H groups in total. The number of rotatable bonds is 6. The van der Waals surface area contributed by atoms with Crippen molar-refractivity contribution < 1.29 is 4.79 Å². The number of aromatic nitrogens is 5.